The lowest BCUT2D eigenvalue weighted by molar-refractivity contribution is -0.384. The first-order chi connectivity index (χ1) is 11.5. The van der Waals surface area contributed by atoms with E-state index in [2.05, 4.69) is 0 Å². The number of phenolic OH excluding ortho intramolecular Hbond substituents is 1. The average Bonchev–Trinajstić information content (AvgIpc) is 2.59. The molecule has 0 fully saturated rings. The van der Waals surface area contributed by atoms with Crippen molar-refractivity contribution < 1.29 is 24.3 Å². The van der Waals surface area contributed by atoms with E-state index in [1.165, 1.54) is 43.5 Å². The summed E-state index contributed by atoms with van der Waals surface area (Å²) in [5.41, 5.74) is 1.12. The zero-order chi connectivity index (χ0) is 17.5. The van der Waals surface area contributed by atoms with Crippen molar-refractivity contribution in [3.63, 3.8) is 0 Å². The third-order valence-corrected chi connectivity index (χ3v) is 3.12. The highest BCUT2D eigenvalue weighted by atomic mass is 16.6. The number of esters is 1. The number of benzene rings is 2. The second-order valence-electron chi connectivity index (χ2n) is 4.80. The highest BCUT2D eigenvalue weighted by Crippen LogP contribution is 2.26. The molecule has 0 aliphatic carbocycles. The predicted molar refractivity (Wildman–Crippen MR) is 86.6 cm³/mol. The molecule has 0 aliphatic rings. The van der Waals surface area contributed by atoms with E-state index in [1.54, 1.807) is 18.2 Å². The molecule has 0 spiro atoms. The molecule has 2 rings (SSSR count). The number of aromatic hydroxyl groups is 1. The van der Waals surface area contributed by atoms with Gasteiger partial charge in [-0.15, -0.1) is 0 Å². The van der Waals surface area contributed by atoms with Crippen LogP contribution in [0, 0.1) is 10.1 Å². The third kappa shape index (κ3) is 4.57. The summed E-state index contributed by atoms with van der Waals surface area (Å²) in [5.74, 6) is -0.293. The smallest absolute Gasteiger partial charge is 0.331 e. The number of non-ortho nitro benzene ring substituents is 1. The van der Waals surface area contributed by atoms with Gasteiger partial charge in [0.1, 0.15) is 6.61 Å². The summed E-state index contributed by atoms with van der Waals surface area (Å²) >= 11 is 0. The van der Waals surface area contributed by atoms with Crippen LogP contribution < -0.4 is 4.74 Å². The van der Waals surface area contributed by atoms with Gasteiger partial charge in [-0.2, -0.15) is 0 Å². The monoisotopic (exact) mass is 329 g/mol. The molecule has 124 valence electrons. The maximum absolute atomic E-state index is 11.7. The number of ether oxygens (including phenoxy) is 2. The molecule has 2 aromatic carbocycles. The summed E-state index contributed by atoms with van der Waals surface area (Å²) in [6.07, 6.45) is 2.74. The second-order valence-corrected chi connectivity index (χ2v) is 4.80. The van der Waals surface area contributed by atoms with Gasteiger partial charge in [-0.1, -0.05) is 18.2 Å². The lowest BCUT2D eigenvalue weighted by Gasteiger charge is -2.04. The number of carbonyl (C=O) groups is 1. The molecule has 0 radical (unpaired) electrons. The van der Waals surface area contributed by atoms with E-state index >= 15 is 0 Å². The zero-order valence-corrected chi connectivity index (χ0v) is 12.8. The number of phenols is 1. The number of nitro benzene ring substituents is 1. The van der Waals surface area contributed by atoms with Crippen LogP contribution in [0.4, 0.5) is 5.69 Å². The van der Waals surface area contributed by atoms with Crippen LogP contribution in [0.25, 0.3) is 6.08 Å². The predicted octanol–water partition coefficient (Wildman–Crippen LogP) is 3.07. The van der Waals surface area contributed by atoms with Gasteiger partial charge >= 0.3 is 5.97 Å². The van der Waals surface area contributed by atoms with E-state index in [9.17, 15) is 20.0 Å². The van der Waals surface area contributed by atoms with Gasteiger partial charge in [0.25, 0.3) is 5.69 Å². The Bertz CT molecular complexity index is 784. The first-order valence-electron chi connectivity index (χ1n) is 6.95. The number of nitrogens with zero attached hydrogens (tertiary/aromatic N) is 1. The second kappa shape index (κ2) is 7.77. The molecule has 0 aliphatic heterocycles. The van der Waals surface area contributed by atoms with Crippen LogP contribution in [0.2, 0.25) is 0 Å². The highest BCUT2D eigenvalue weighted by Gasteiger charge is 2.07. The van der Waals surface area contributed by atoms with Gasteiger partial charge in [-0.05, 0) is 29.3 Å². The SMILES string of the molecule is COc1cc(/C=C/C(=O)OCc2cccc([N+](=O)[O-])c2)ccc1O. The van der Waals surface area contributed by atoms with Crippen molar-refractivity contribution in [3.8, 4) is 11.5 Å². The van der Waals surface area contributed by atoms with Crippen LogP contribution in [-0.4, -0.2) is 23.1 Å². The van der Waals surface area contributed by atoms with Crippen LogP contribution in [0.1, 0.15) is 11.1 Å². The van der Waals surface area contributed by atoms with Crippen LogP contribution in [0.3, 0.4) is 0 Å². The van der Waals surface area contributed by atoms with Crippen molar-refractivity contribution in [2.24, 2.45) is 0 Å². The van der Waals surface area contributed by atoms with E-state index in [0.29, 0.717) is 16.9 Å². The number of rotatable bonds is 6. The fraction of sp³-hybridized carbons (Fsp3) is 0.118. The van der Waals surface area contributed by atoms with Crippen molar-refractivity contribution in [3.05, 3.63) is 69.8 Å². The molecule has 0 heterocycles. The van der Waals surface area contributed by atoms with Gasteiger partial charge in [0.05, 0.1) is 12.0 Å². The minimum atomic E-state index is -0.589. The molecule has 1 N–H and O–H groups in total. The summed E-state index contributed by atoms with van der Waals surface area (Å²) in [7, 11) is 1.43. The summed E-state index contributed by atoms with van der Waals surface area (Å²) in [4.78, 5) is 21.9. The van der Waals surface area contributed by atoms with Crippen LogP contribution >= 0.6 is 0 Å². The van der Waals surface area contributed by atoms with Gasteiger partial charge in [0, 0.05) is 18.2 Å². The molecule has 0 atom stereocenters. The quantitative estimate of drug-likeness (QED) is 0.378. The Hall–Kier alpha value is -3.35. The van der Waals surface area contributed by atoms with Crippen molar-refractivity contribution >= 4 is 17.7 Å². The molecule has 0 unspecified atom stereocenters. The van der Waals surface area contributed by atoms with Crippen molar-refractivity contribution in [2.75, 3.05) is 7.11 Å². The van der Waals surface area contributed by atoms with Crippen molar-refractivity contribution in [1.82, 2.24) is 0 Å². The molecular formula is C17H15NO6. The lowest BCUT2D eigenvalue weighted by Crippen LogP contribution is -2.01. The highest BCUT2D eigenvalue weighted by molar-refractivity contribution is 5.87. The summed E-state index contributed by atoms with van der Waals surface area (Å²) in [5, 5.41) is 20.2. The zero-order valence-electron chi connectivity index (χ0n) is 12.8. The number of carbonyl (C=O) groups excluding carboxylic acids is 1. The Balaban J connectivity index is 1.96. The van der Waals surface area contributed by atoms with Crippen LogP contribution in [-0.2, 0) is 16.1 Å². The third-order valence-electron chi connectivity index (χ3n) is 3.12. The van der Waals surface area contributed by atoms with Gasteiger partial charge in [-0.25, -0.2) is 4.79 Å². The molecule has 24 heavy (non-hydrogen) atoms. The van der Waals surface area contributed by atoms with Crippen LogP contribution in [0.15, 0.2) is 48.5 Å². The average molecular weight is 329 g/mol. The Labute approximate surface area is 137 Å². The van der Waals surface area contributed by atoms with E-state index in [1.807, 2.05) is 0 Å². The summed E-state index contributed by atoms with van der Waals surface area (Å²) in [6.45, 7) is -0.0657. The first-order valence-corrected chi connectivity index (χ1v) is 6.95. The lowest BCUT2D eigenvalue weighted by atomic mass is 10.2. The number of methoxy groups -OCH3 is 1. The summed E-state index contributed by atoms with van der Waals surface area (Å²) < 4.78 is 10.0. The van der Waals surface area contributed by atoms with Gasteiger partial charge < -0.3 is 14.6 Å². The summed E-state index contributed by atoms with van der Waals surface area (Å²) in [6, 6.07) is 10.5. The molecule has 7 nitrogen and oxygen atoms in total. The van der Waals surface area contributed by atoms with Gasteiger partial charge in [-0.3, -0.25) is 10.1 Å². The van der Waals surface area contributed by atoms with Crippen molar-refractivity contribution in [2.45, 2.75) is 6.61 Å². The molecule has 0 amide bonds. The normalized spacial score (nSPS) is 10.5. The topological polar surface area (TPSA) is 98.9 Å². The van der Waals surface area contributed by atoms with E-state index in [0.717, 1.165) is 0 Å². The Morgan fingerprint density at radius 1 is 1.29 bits per heavy atom. The minimum Gasteiger partial charge on any atom is -0.504 e. The van der Waals surface area contributed by atoms with Gasteiger partial charge in [0.2, 0.25) is 0 Å². The Morgan fingerprint density at radius 2 is 2.08 bits per heavy atom. The number of hydrogen-bond acceptors (Lipinski definition) is 6. The molecule has 0 bridgehead atoms. The van der Waals surface area contributed by atoms with E-state index < -0.39 is 10.9 Å². The van der Waals surface area contributed by atoms with Gasteiger partial charge in [0.15, 0.2) is 11.5 Å². The molecule has 0 aromatic heterocycles. The first kappa shape index (κ1) is 17.0. The molecule has 0 saturated heterocycles. The molecular weight excluding hydrogens is 314 g/mol. The number of nitro groups is 1. The maximum atomic E-state index is 11.7. The maximum Gasteiger partial charge on any atom is 0.331 e. The molecule has 7 heteroatoms. The largest absolute Gasteiger partial charge is 0.504 e. The Morgan fingerprint density at radius 3 is 2.79 bits per heavy atom. The standard InChI is InChI=1S/C17H15NO6/c1-23-16-10-12(5-7-15(16)19)6-8-17(20)24-11-13-3-2-4-14(9-13)18(21)22/h2-10,19H,11H2,1H3/b8-6+. The fourth-order valence-electron chi connectivity index (χ4n) is 1.92. The molecule has 0 saturated carbocycles. The fourth-order valence-corrected chi connectivity index (χ4v) is 1.92. The van der Waals surface area contributed by atoms with Crippen molar-refractivity contribution in [1.29, 1.82) is 0 Å². The Kier molecular flexibility index (Phi) is 5.51. The minimum absolute atomic E-state index is 0.00268. The van der Waals surface area contributed by atoms with Crippen LogP contribution in [0.5, 0.6) is 11.5 Å². The number of hydrogen-bond donors (Lipinski definition) is 1. The van der Waals surface area contributed by atoms with E-state index in [4.69, 9.17) is 9.47 Å². The molecule has 2 aromatic rings. The van der Waals surface area contributed by atoms with E-state index in [-0.39, 0.29) is 18.0 Å².